The van der Waals surface area contributed by atoms with E-state index in [1.54, 1.807) is 38.1 Å². The van der Waals surface area contributed by atoms with E-state index in [1.807, 2.05) is 0 Å². The molecule has 0 fully saturated rings. The van der Waals surface area contributed by atoms with Gasteiger partial charge in [-0.15, -0.1) is 11.6 Å². The fraction of sp³-hybridized carbons (Fsp3) is 0.143. The van der Waals surface area contributed by atoms with Crippen molar-refractivity contribution in [1.29, 1.82) is 0 Å². The van der Waals surface area contributed by atoms with Gasteiger partial charge in [-0.1, -0.05) is 0 Å². The predicted octanol–water partition coefficient (Wildman–Crippen LogP) is 5.71. The van der Waals surface area contributed by atoms with E-state index < -0.39 is 21.5 Å². The molecular formula is C28H21ClN4O12. The number of ether oxygens (including phenoxy) is 1. The van der Waals surface area contributed by atoms with Crippen LogP contribution in [0.5, 0.6) is 11.5 Å². The number of rotatable bonds is 6. The molecule has 45 heavy (non-hydrogen) atoms. The van der Waals surface area contributed by atoms with Crippen molar-refractivity contribution in [2.24, 2.45) is 0 Å². The van der Waals surface area contributed by atoms with Crippen LogP contribution in [-0.2, 0) is 12.5 Å². The summed E-state index contributed by atoms with van der Waals surface area (Å²) >= 11 is 5.35. The Morgan fingerprint density at radius 1 is 0.778 bits per heavy atom. The molecule has 0 saturated heterocycles. The number of phenolic OH excluding ortho intramolecular Hbond substituents is 1. The smallest absolute Gasteiger partial charge is 0.506 e. The Morgan fingerprint density at radius 2 is 1.29 bits per heavy atom. The number of hydrogen-bond acceptors (Lipinski definition) is 14. The molecule has 0 radical (unpaired) electrons. The van der Waals surface area contributed by atoms with E-state index in [9.17, 15) is 34.9 Å². The Morgan fingerprint density at radius 3 is 1.78 bits per heavy atom. The average Bonchev–Trinajstić information content (AvgIpc) is 3.53. The molecule has 0 spiro atoms. The van der Waals surface area contributed by atoms with Gasteiger partial charge in [0, 0.05) is 24.5 Å². The van der Waals surface area contributed by atoms with Gasteiger partial charge in [0.1, 0.15) is 34.9 Å². The summed E-state index contributed by atoms with van der Waals surface area (Å²) in [7, 11) is 0. The van der Waals surface area contributed by atoms with Crippen molar-refractivity contribution in [3.8, 4) is 11.5 Å². The number of hydrogen-bond donors (Lipinski definition) is 1. The summed E-state index contributed by atoms with van der Waals surface area (Å²) in [5.41, 5.74) is 0.509. The summed E-state index contributed by atoms with van der Waals surface area (Å²) in [6.45, 7) is 3.17. The summed E-state index contributed by atoms with van der Waals surface area (Å²) in [5, 5.41) is 31.8. The van der Waals surface area contributed by atoms with E-state index in [0.29, 0.717) is 39.3 Å². The lowest BCUT2D eigenvalue weighted by atomic mass is 10.1. The Hall–Kier alpha value is -6.03. The zero-order valence-corrected chi connectivity index (χ0v) is 24.0. The molecule has 1 N–H and O–H groups in total. The number of benzene rings is 2. The number of phenols is 1. The number of aryl methyl sites for hydroxylation is 2. The number of nitrogens with zero attached hydrogens (tertiary/aromatic N) is 4. The fourth-order valence-corrected chi connectivity index (χ4v) is 4.10. The average molecular weight is 641 g/mol. The number of nitro groups is 2. The van der Waals surface area contributed by atoms with Gasteiger partial charge >= 0.3 is 11.6 Å². The quantitative estimate of drug-likeness (QED) is 0.131. The van der Waals surface area contributed by atoms with Crippen molar-refractivity contribution in [2.75, 3.05) is 0 Å². The number of non-ortho nitro benzene ring substituents is 2. The monoisotopic (exact) mass is 640 g/mol. The van der Waals surface area contributed by atoms with E-state index in [-0.39, 0.29) is 40.9 Å². The molecular weight excluding hydrogens is 620 g/mol. The van der Waals surface area contributed by atoms with Crippen molar-refractivity contribution in [3.63, 3.8) is 0 Å². The normalized spacial score (nSPS) is 10.5. The molecule has 17 heteroatoms. The van der Waals surface area contributed by atoms with E-state index in [1.165, 1.54) is 36.7 Å². The maximum absolute atomic E-state index is 11.0. The highest BCUT2D eigenvalue weighted by molar-refractivity contribution is 6.16. The summed E-state index contributed by atoms with van der Waals surface area (Å²) in [4.78, 5) is 49.9. The van der Waals surface area contributed by atoms with Gasteiger partial charge in [-0.05, 0) is 50.2 Å². The number of nitro benzene ring substituents is 2. The molecule has 6 rings (SSSR count). The second-order valence-corrected chi connectivity index (χ2v) is 9.06. The minimum atomic E-state index is -0.803. The first-order chi connectivity index (χ1) is 21.5. The third kappa shape index (κ3) is 7.49. The molecule has 6 aromatic rings. The van der Waals surface area contributed by atoms with Crippen LogP contribution in [0.2, 0.25) is 0 Å². The zero-order valence-electron chi connectivity index (χ0n) is 23.3. The van der Waals surface area contributed by atoms with Crippen molar-refractivity contribution >= 4 is 44.8 Å². The van der Waals surface area contributed by atoms with Crippen molar-refractivity contribution < 1.29 is 37.4 Å². The van der Waals surface area contributed by atoms with Crippen LogP contribution >= 0.6 is 11.6 Å². The first-order valence-electron chi connectivity index (χ1n) is 12.6. The van der Waals surface area contributed by atoms with Gasteiger partial charge in [0.25, 0.3) is 11.4 Å². The number of halogens is 1. The maximum atomic E-state index is 11.0. The van der Waals surface area contributed by atoms with Gasteiger partial charge in [-0.3, -0.25) is 30.2 Å². The lowest BCUT2D eigenvalue weighted by molar-refractivity contribution is -0.383. The maximum Gasteiger partial charge on any atom is 0.519 e. The molecule has 4 aromatic heterocycles. The highest BCUT2D eigenvalue weighted by Gasteiger charge is 2.17. The van der Waals surface area contributed by atoms with Gasteiger partial charge in [-0.25, -0.2) is 9.59 Å². The topological polar surface area (TPSA) is 228 Å². The summed E-state index contributed by atoms with van der Waals surface area (Å²) in [6.07, 6.45) is 2.99. The first kappa shape index (κ1) is 31.9. The molecule has 2 aromatic carbocycles. The van der Waals surface area contributed by atoms with Gasteiger partial charge in [0.05, 0.1) is 26.5 Å². The number of aromatic hydroxyl groups is 1. The van der Waals surface area contributed by atoms with Crippen LogP contribution in [0.3, 0.4) is 0 Å². The summed E-state index contributed by atoms with van der Waals surface area (Å²) < 4.78 is 24.1. The van der Waals surface area contributed by atoms with Crippen LogP contribution in [0.4, 0.5) is 11.4 Å². The second-order valence-electron chi connectivity index (χ2n) is 8.79. The van der Waals surface area contributed by atoms with E-state index >= 15 is 0 Å². The van der Waals surface area contributed by atoms with Gasteiger partial charge in [-0.2, -0.15) is 0 Å². The third-order valence-electron chi connectivity index (χ3n) is 5.98. The molecule has 0 atom stereocenters. The lowest BCUT2D eigenvalue weighted by Crippen LogP contribution is -1.99. The van der Waals surface area contributed by atoms with Crippen LogP contribution < -0.4 is 16.4 Å². The van der Waals surface area contributed by atoms with E-state index in [0.717, 1.165) is 0 Å². The zero-order chi connectivity index (χ0) is 32.7. The van der Waals surface area contributed by atoms with Gasteiger partial charge in [0.15, 0.2) is 17.3 Å². The standard InChI is InChI=1S/C14H10N2O6.C9H6N2O3.C5H5ClO3/c1-8-12(22-14(17)21-8)7-20-11-5-4-10(16(18)19)9-3-2-6-15-13(9)11;12-8-4-3-7(11(13)14)6-2-1-5-10-9(6)8;1-3-4(2-6)9-5(7)8-3/h2-6H,7H2,1H3;1-5,12H;2H2,1H3. The highest BCUT2D eigenvalue weighted by Crippen LogP contribution is 2.32. The number of fused-ring (bicyclic) bond motifs is 2. The van der Waals surface area contributed by atoms with Crippen LogP contribution in [0.25, 0.3) is 21.8 Å². The largest absolute Gasteiger partial charge is 0.519 e. The number of aromatic nitrogens is 2. The fourth-order valence-electron chi connectivity index (χ4n) is 3.86. The Balaban J connectivity index is 0.000000171. The van der Waals surface area contributed by atoms with Crippen LogP contribution in [0, 0.1) is 34.1 Å². The van der Waals surface area contributed by atoms with Crippen molar-refractivity contribution in [1.82, 2.24) is 9.97 Å². The molecule has 0 amide bonds. The summed E-state index contributed by atoms with van der Waals surface area (Å²) in [5.74, 6) is 0.423. The van der Waals surface area contributed by atoms with Crippen molar-refractivity contribution in [2.45, 2.75) is 26.3 Å². The highest BCUT2D eigenvalue weighted by atomic mass is 35.5. The SMILES string of the molecule is Cc1oc(=O)oc1CCl.Cc1oc(=O)oc1COc1ccc([N+](=O)[O-])c2cccnc12.O=[N+]([O-])c1ccc(O)c2ncccc12. The Bertz CT molecular complexity index is 2110. The summed E-state index contributed by atoms with van der Waals surface area (Å²) in [6, 6.07) is 11.7. The molecule has 0 unspecified atom stereocenters. The Kier molecular flexibility index (Phi) is 9.90. The molecule has 0 aliphatic heterocycles. The predicted molar refractivity (Wildman–Crippen MR) is 156 cm³/mol. The number of pyridine rings is 2. The first-order valence-corrected chi connectivity index (χ1v) is 13.1. The van der Waals surface area contributed by atoms with Crippen molar-refractivity contribution in [3.05, 3.63) is 125 Å². The second kappa shape index (κ2) is 14.0. The molecule has 0 bridgehead atoms. The molecule has 232 valence electrons. The molecule has 0 aliphatic carbocycles. The minimum Gasteiger partial charge on any atom is -0.506 e. The lowest BCUT2D eigenvalue weighted by Gasteiger charge is -2.07. The molecule has 4 heterocycles. The van der Waals surface area contributed by atoms with Gasteiger partial charge in [0.2, 0.25) is 0 Å². The minimum absolute atomic E-state index is 0.0406. The molecule has 16 nitrogen and oxygen atoms in total. The number of alkyl halides is 1. The van der Waals surface area contributed by atoms with E-state index in [4.69, 9.17) is 25.2 Å². The van der Waals surface area contributed by atoms with Gasteiger partial charge < -0.3 is 27.5 Å². The van der Waals surface area contributed by atoms with Crippen LogP contribution in [-0.4, -0.2) is 24.9 Å². The third-order valence-corrected chi connectivity index (χ3v) is 6.22. The van der Waals surface area contributed by atoms with Crippen LogP contribution in [0.1, 0.15) is 23.0 Å². The molecule has 0 aliphatic rings. The van der Waals surface area contributed by atoms with Crippen LogP contribution in [0.15, 0.2) is 88.2 Å². The Labute approximate surface area is 255 Å². The molecule has 0 saturated carbocycles. The van der Waals surface area contributed by atoms with E-state index in [2.05, 4.69) is 18.8 Å².